The summed E-state index contributed by atoms with van der Waals surface area (Å²) in [6.07, 6.45) is 3.70. The van der Waals surface area contributed by atoms with Gasteiger partial charge in [0.25, 0.3) is 5.91 Å². The van der Waals surface area contributed by atoms with Crippen LogP contribution in [-0.4, -0.2) is 31.1 Å². The molecule has 2 aromatic rings. The van der Waals surface area contributed by atoms with Crippen molar-refractivity contribution in [1.82, 2.24) is 4.90 Å². The summed E-state index contributed by atoms with van der Waals surface area (Å²) in [5.74, 6) is 1.05. The largest absolute Gasteiger partial charge is 0.493 e. The first-order chi connectivity index (χ1) is 13.6. The van der Waals surface area contributed by atoms with Crippen LogP contribution in [0.3, 0.4) is 0 Å². The minimum absolute atomic E-state index is 0.123. The molecule has 0 radical (unpaired) electrons. The number of ether oxygens (including phenoxy) is 2. The van der Waals surface area contributed by atoms with Crippen molar-refractivity contribution in [1.29, 1.82) is 5.26 Å². The Hall–Kier alpha value is -3.26. The molecule has 0 saturated carbocycles. The molecule has 146 valence electrons. The molecule has 0 aliphatic carbocycles. The van der Waals surface area contributed by atoms with Crippen molar-refractivity contribution in [2.45, 2.75) is 26.3 Å². The highest BCUT2D eigenvalue weighted by Gasteiger charge is 2.17. The Morgan fingerprint density at radius 2 is 1.96 bits per heavy atom. The normalized spacial score (nSPS) is 10.0. The van der Waals surface area contributed by atoms with Crippen LogP contribution in [0, 0.1) is 11.3 Å². The number of nitrogens with zero attached hydrogens (tertiary/aromatic N) is 2. The number of rotatable bonds is 10. The molecule has 0 N–H and O–H groups in total. The zero-order valence-corrected chi connectivity index (χ0v) is 16.5. The summed E-state index contributed by atoms with van der Waals surface area (Å²) in [6, 6.07) is 14.5. The zero-order valence-electron chi connectivity index (χ0n) is 16.5. The molecule has 0 aromatic heterocycles. The van der Waals surface area contributed by atoms with E-state index in [4.69, 9.17) is 14.7 Å². The minimum Gasteiger partial charge on any atom is -0.493 e. The van der Waals surface area contributed by atoms with Gasteiger partial charge in [0.1, 0.15) is 0 Å². The number of carbonyl (C=O) groups excluding carboxylic acids is 1. The lowest BCUT2D eigenvalue weighted by molar-refractivity contribution is 0.0762. The van der Waals surface area contributed by atoms with Crippen molar-refractivity contribution in [2.24, 2.45) is 0 Å². The molecular formula is C23H26N2O3. The van der Waals surface area contributed by atoms with Crippen LogP contribution in [0.4, 0.5) is 0 Å². The Morgan fingerprint density at radius 1 is 1.21 bits per heavy atom. The molecule has 0 aliphatic rings. The lowest BCUT2D eigenvalue weighted by Gasteiger charge is -2.22. The van der Waals surface area contributed by atoms with E-state index in [0.717, 1.165) is 18.4 Å². The highest BCUT2D eigenvalue weighted by Crippen LogP contribution is 2.29. The second-order valence-electron chi connectivity index (χ2n) is 6.35. The van der Waals surface area contributed by atoms with E-state index in [9.17, 15) is 4.79 Å². The van der Waals surface area contributed by atoms with Gasteiger partial charge in [0.05, 0.1) is 25.3 Å². The van der Waals surface area contributed by atoms with Crippen LogP contribution in [-0.2, 0) is 6.54 Å². The molecule has 0 heterocycles. The standard InChI is InChI=1S/C23H26N2O3/c1-4-6-14-28-21-12-11-20(15-22(21)27-3)23(26)25(13-5-2)17-19-9-7-18(16-24)8-10-19/h5,7-12,15H,2,4,6,13-14,17H2,1,3H3. The van der Waals surface area contributed by atoms with E-state index < -0.39 is 0 Å². The van der Waals surface area contributed by atoms with E-state index in [1.54, 1.807) is 48.4 Å². The number of nitriles is 1. The van der Waals surface area contributed by atoms with Gasteiger partial charge in [0.2, 0.25) is 0 Å². The molecule has 2 rings (SSSR count). The Kier molecular flexibility index (Phi) is 8.11. The third kappa shape index (κ3) is 5.62. The highest BCUT2D eigenvalue weighted by molar-refractivity contribution is 5.95. The average molecular weight is 378 g/mol. The minimum atomic E-state index is -0.123. The van der Waals surface area contributed by atoms with Crippen LogP contribution in [0.1, 0.15) is 41.3 Å². The van der Waals surface area contributed by atoms with Crippen molar-refractivity contribution >= 4 is 5.91 Å². The number of hydrogen-bond donors (Lipinski definition) is 0. The number of amides is 1. The number of benzene rings is 2. The zero-order chi connectivity index (χ0) is 20.4. The fourth-order valence-electron chi connectivity index (χ4n) is 2.71. The summed E-state index contributed by atoms with van der Waals surface area (Å²) in [5, 5.41) is 8.92. The van der Waals surface area contributed by atoms with Crippen molar-refractivity contribution in [2.75, 3.05) is 20.3 Å². The summed E-state index contributed by atoms with van der Waals surface area (Å²) in [5.41, 5.74) is 2.06. The Bertz CT molecular complexity index is 838. The van der Waals surface area contributed by atoms with Crippen LogP contribution in [0.25, 0.3) is 0 Å². The summed E-state index contributed by atoms with van der Waals surface area (Å²) in [6.45, 7) is 7.30. The molecule has 2 aromatic carbocycles. The second-order valence-corrected chi connectivity index (χ2v) is 6.35. The maximum atomic E-state index is 13.0. The van der Waals surface area contributed by atoms with E-state index in [1.165, 1.54) is 0 Å². The van der Waals surface area contributed by atoms with E-state index in [-0.39, 0.29) is 5.91 Å². The van der Waals surface area contributed by atoms with Gasteiger partial charge < -0.3 is 14.4 Å². The quantitative estimate of drug-likeness (QED) is 0.449. The van der Waals surface area contributed by atoms with Crippen molar-refractivity contribution in [3.05, 3.63) is 71.8 Å². The first-order valence-electron chi connectivity index (χ1n) is 9.33. The lowest BCUT2D eigenvalue weighted by Crippen LogP contribution is -2.30. The van der Waals surface area contributed by atoms with Gasteiger partial charge in [-0.2, -0.15) is 5.26 Å². The molecule has 0 unspecified atom stereocenters. The number of hydrogen-bond acceptors (Lipinski definition) is 4. The smallest absolute Gasteiger partial charge is 0.254 e. The molecule has 0 spiro atoms. The van der Waals surface area contributed by atoms with Gasteiger partial charge >= 0.3 is 0 Å². The fraction of sp³-hybridized carbons (Fsp3) is 0.304. The number of unbranched alkanes of at least 4 members (excludes halogenated alkanes) is 1. The summed E-state index contributed by atoms with van der Waals surface area (Å²) < 4.78 is 11.1. The summed E-state index contributed by atoms with van der Waals surface area (Å²) in [7, 11) is 1.56. The molecule has 0 saturated heterocycles. The van der Waals surface area contributed by atoms with E-state index in [1.807, 2.05) is 12.1 Å². The molecule has 1 amide bonds. The topological polar surface area (TPSA) is 62.6 Å². The molecule has 0 fully saturated rings. The van der Waals surface area contributed by atoms with Crippen LogP contribution in [0.5, 0.6) is 11.5 Å². The summed E-state index contributed by atoms with van der Waals surface area (Å²) in [4.78, 5) is 14.7. The van der Waals surface area contributed by atoms with Crippen LogP contribution >= 0.6 is 0 Å². The van der Waals surface area contributed by atoms with Crippen molar-refractivity contribution in [3.8, 4) is 17.6 Å². The third-order valence-corrected chi connectivity index (χ3v) is 4.26. The predicted octanol–water partition coefficient (Wildman–Crippen LogP) is 4.57. The van der Waals surface area contributed by atoms with Crippen LogP contribution < -0.4 is 9.47 Å². The summed E-state index contributed by atoms with van der Waals surface area (Å²) >= 11 is 0. The van der Waals surface area contributed by atoms with Gasteiger partial charge in [0.15, 0.2) is 11.5 Å². The van der Waals surface area contributed by atoms with Gasteiger partial charge in [-0.1, -0.05) is 31.6 Å². The molecular weight excluding hydrogens is 352 g/mol. The highest BCUT2D eigenvalue weighted by atomic mass is 16.5. The van der Waals surface area contributed by atoms with Gasteiger partial charge in [-0.15, -0.1) is 6.58 Å². The Labute approximate surface area is 166 Å². The molecule has 0 atom stereocenters. The number of carbonyl (C=O) groups is 1. The maximum Gasteiger partial charge on any atom is 0.254 e. The van der Waals surface area contributed by atoms with Gasteiger partial charge in [-0.25, -0.2) is 0 Å². The first-order valence-corrected chi connectivity index (χ1v) is 9.33. The SMILES string of the molecule is C=CCN(Cc1ccc(C#N)cc1)C(=O)c1ccc(OCCCC)c(OC)c1. The van der Waals surface area contributed by atoms with Gasteiger partial charge in [0, 0.05) is 18.7 Å². The molecule has 0 bridgehead atoms. The molecule has 5 heteroatoms. The second kappa shape index (κ2) is 10.8. The maximum absolute atomic E-state index is 13.0. The van der Waals surface area contributed by atoms with E-state index in [0.29, 0.717) is 42.3 Å². The van der Waals surface area contributed by atoms with E-state index >= 15 is 0 Å². The average Bonchev–Trinajstić information content (AvgIpc) is 2.73. The first kappa shape index (κ1) is 21.0. The molecule has 5 nitrogen and oxygen atoms in total. The molecule has 0 aliphatic heterocycles. The Morgan fingerprint density at radius 3 is 2.57 bits per heavy atom. The van der Waals surface area contributed by atoms with Gasteiger partial charge in [-0.3, -0.25) is 4.79 Å². The van der Waals surface area contributed by atoms with Crippen molar-refractivity contribution in [3.63, 3.8) is 0 Å². The van der Waals surface area contributed by atoms with Crippen LogP contribution in [0.2, 0.25) is 0 Å². The monoisotopic (exact) mass is 378 g/mol. The van der Waals surface area contributed by atoms with Gasteiger partial charge in [-0.05, 0) is 42.3 Å². The fourth-order valence-corrected chi connectivity index (χ4v) is 2.71. The Balaban J connectivity index is 2.18. The lowest BCUT2D eigenvalue weighted by atomic mass is 10.1. The molecule has 28 heavy (non-hydrogen) atoms. The van der Waals surface area contributed by atoms with Crippen molar-refractivity contribution < 1.29 is 14.3 Å². The predicted molar refractivity (Wildman–Crippen MR) is 109 cm³/mol. The third-order valence-electron chi connectivity index (χ3n) is 4.26. The van der Waals surface area contributed by atoms with Crippen LogP contribution in [0.15, 0.2) is 55.1 Å². The van der Waals surface area contributed by atoms with E-state index in [2.05, 4.69) is 19.6 Å². The number of methoxy groups -OCH3 is 1.